The number of carbonyl (C=O) groups is 1. The van der Waals surface area contributed by atoms with E-state index in [4.69, 9.17) is 6.42 Å². The van der Waals surface area contributed by atoms with Crippen molar-refractivity contribution in [1.82, 2.24) is 10.0 Å². The predicted octanol–water partition coefficient (Wildman–Crippen LogP) is 2.52. The summed E-state index contributed by atoms with van der Waals surface area (Å²) in [4.78, 5) is 12.4. The van der Waals surface area contributed by atoms with Gasteiger partial charge in [0.05, 0.1) is 11.4 Å². The highest BCUT2D eigenvalue weighted by Gasteiger charge is 2.16. The maximum absolute atomic E-state index is 12.4. The van der Waals surface area contributed by atoms with Crippen LogP contribution < -0.4 is 10.0 Å². The molecule has 2 N–H and O–H groups in total. The second-order valence-corrected chi connectivity index (χ2v) is 7.55. The van der Waals surface area contributed by atoms with Crippen molar-refractivity contribution in [2.45, 2.75) is 24.2 Å². The van der Waals surface area contributed by atoms with Crippen LogP contribution >= 0.6 is 0 Å². The van der Waals surface area contributed by atoms with Crippen molar-refractivity contribution in [2.75, 3.05) is 13.1 Å². The quantitative estimate of drug-likeness (QED) is 0.701. The van der Waals surface area contributed by atoms with E-state index in [1.54, 1.807) is 6.07 Å². The maximum Gasteiger partial charge on any atom is 0.251 e. The van der Waals surface area contributed by atoms with Gasteiger partial charge in [0.2, 0.25) is 10.0 Å². The molecule has 2 aromatic carbocycles. The van der Waals surface area contributed by atoms with E-state index in [0.717, 1.165) is 12.0 Å². The molecule has 2 rings (SSSR count). The minimum atomic E-state index is -3.73. The number of terminal acetylenes is 1. The molecule has 2 aromatic rings. The monoisotopic (exact) mass is 370 g/mol. The standard InChI is InChI=1S/C20H22N2O3S/c1-3-13-22-26(24,25)19-12-8-11-18(14-19)20(23)21-15-16(4-2)17-9-6-5-7-10-17/h1,5-12,14,16,22H,4,13,15H2,2H3,(H,21,23). The Morgan fingerprint density at radius 1 is 1.15 bits per heavy atom. The van der Waals surface area contributed by atoms with Crippen LogP contribution in [0.2, 0.25) is 0 Å². The molecule has 136 valence electrons. The number of carbonyl (C=O) groups excluding carboxylic acids is 1. The van der Waals surface area contributed by atoms with Gasteiger partial charge in [-0.1, -0.05) is 49.2 Å². The molecule has 6 heteroatoms. The highest BCUT2D eigenvalue weighted by molar-refractivity contribution is 7.89. The maximum atomic E-state index is 12.4. The molecule has 0 aromatic heterocycles. The van der Waals surface area contributed by atoms with Crippen molar-refractivity contribution in [3.8, 4) is 12.3 Å². The van der Waals surface area contributed by atoms with Gasteiger partial charge < -0.3 is 5.32 Å². The van der Waals surface area contributed by atoms with Gasteiger partial charge in [0.15, 0.2) is 0 Å². The van der Waals surface area contributed by atoms with Crippen LogP contribution in [0.1, 0.15) is 35.2 Å². The third kappa shape index (κ3) is 5.19. The normalized spacial score (nSPS) is 12.2. The molecule has 0 fully saturated rings. The van der Waals surface area contributed by atoms with Crippen LogP contribution in [0.5, 0.6) is 0 Å². The van der Waals surface area contributed by atoms with Crippen LogP contribution in [-0.2, 0) is 10.0 Å². The number of rotatable bonds is 8. The lowest BCUT2D eigenvalue weighted by molar-refractivity contribution is 0.0950. The van der Waals surface area contributed by atoms with Crippen LogP contribution in [0.15, 0.2) is 59.5 Å². The molecule has 0 saturated carbocycles. The first-order chi connectivity index (χ1) is 12.5. The van der Waals surface area contributed by atoms with Crippen LogP contribution in [0.3, 0.4) is 0 Å². The first kappa shape index (κ1) is 19.7. The van der Waals surface area contributed by atoms with E-state index < -0.39 is 10.0 Å². The number of sulfonamides is 1. The zero-order valence-electron chi connectivity index (χ0n) is 14.6. The van der Waals surface area contributed by atoms with Crippen LogP contribution in [0.25, 0.3) is 0 Å². The van der Waals surface area contributed by atoms with Crippen molar-refractivity contribution in [2.24, 2.45) is 0 Å². The molecular formula is C20H22N2O3S. The van der Waals surface area contributed by atoms with Gasteiger partial charge in [-0.25, -0.2) is 8.42 Å². The summed E-state index contributed by atoms with van der Waals surface area (Å²) < 4.78 is 26.5. The smallest absolute Gasteiger partial charge is 0.251 e. The second kappa shape index (κ2) is 9.18. The van der Waals surface area contributed by atoms with Gasteiger partial charge >= 0.3 is 0 Å². The molecule has 0 aliphatic heterocycles. The predicted molar refractivity (Wildman–Crippen MR) is 102 cm³/mol. The van der Waals surface area contributed by atoms with Gasteiger partial charge in [0, 0.05) is 18.0 Å². The summed E-state index contributed by atoms with van der Waals surface area (Å²) in [5.41, 5.74) is 1.45. The Morgan fingerprint density at radius 3 is 2.54 bits per heavy atom. The van der Waals surface area contributed by atoms with E-state index in [1.807, 2.05) is 30.3 Å². The van der Waals surface area contributed by atoms with Crippen LogP contribution in [0, 0.1) is 12.3 Å². The largest absolute Gasteiger partial charge is 0.351 e. The summed E-state index contributed by atoms with van der Waals surface area (Å²) in [6.45, 7) is 2.44. The third-order valence-corrected chi connectivity index (χ3v) is 5.44. The summed E-state index contributed by atoms with van der Waals surface area (Å²) in [5, 5.41) is 2.88. The highest BCUT2D eigenvalue weighted by Crippen LogP contribution is 2.18. The van der Waals surface area contributed by atoms with E-state index in [9.17, 15) is 13.2 Å². The van der Waals surface area contributed by atoms with E-state index in [-0.39, 0.29) is 28.8 Å². The first-order valence-electron chi connectivity index (χ1n) is 8.34. The molecule has 1 unspecified atom stereocenters. The Balaban J connectivity index is 2.08. The summed E-state index contributed by atoms with van der Waals surface area (Å²) in [6.07, 6.45) is 5.96. The number of nitrogens with one attached hydrogen (secondary N) is 2. The lowest BCUT2D eigenvalue weighted by Crippen LogP contribution is -2.29. The van der Waals surface area contributed by atoms with Crippen LogP contribution in [0.4, 0.5) is 0 Å². The molecule has 1 atom stereocenters. The zero-order valence-corrected chi connectivity index (χ0v) is 15.4. The zero-order chi connectivity index (χ0) is 19.0. The number of hydrogen-bond acceptors (Lipinski definition) is 3. The fourth-order valence-corrected chi connectivity index (χ4v) is 3.55. The molecule has 26 heavy (non-hydrogen) atoms. The van der Waals surface area contributed by atoms with E-state index in [1.165, 1.54) is 18.2 Å². The Labute approximate surface area is 154 Å². The van der Waals surface area contributed by atoms with E-state index in [0.29, 0.717) is 6.54 Å². The molecule has 0 heterocycles. The Morgan fingerprint density at radius 2 is 1.88 bits per heavy atom. The Hall–Kier alpha value is -2.62. The number of hydrogen-bond donors (Lipinski definition) is 2. The summed E-state index contributed by atoms with van der Waals surface area (Å²) in [5.74, 6) is 2.10. The number of benzene rings is 2. The first-order valence-corrected chi connectivity index (χ1v) is 9.82. The fourth-order valence-electron chi connectivity index (χ4n) is 2.57. The van der Waals surface area contributed by atoms with E-state index in [2.05, 4.69) is 22.9 Å². The van der Waals surface area contributed by atoms with Crippen LogP contribution in [-0.4, -0.2) is 27.4 Å². The average molecular weight is 370 g/mol. The van der Waals surface area contributed by atoms with Gasteiger partial charge in [-0.3, -0.25) is 4.79 Å². The van der Waals surface area contributed by atoms with Gasteiger partial charge in [-0.15, -0.1) is 6.42 Å². The summed E-state index contributed by atoms with van der Waals surface area (Å²) in [7, 11) is -3.73. The molecule has 0 saturated heterocycles. The molecular weight excluding hydrogens is 348 g/mol. The molecule has 5 nitrogen and oxygen atoms in total. The molecule has 1 amide bonds. The Kier molecular flexibility index (Phi) is 6.96. The lowest BCUT2D eigenvalue weighted by Gasteiger charge is -2.16. The van der Waals surface area contributed by atoms with Crippen molar-refractivity contribution >= 4 is 15.9 Å². The molecule has 0 spiro atoms. The highest BCUT2D eigenvalue weighted by atomic mass is 32.2. The van der Waals surface area contributed by atoms with Crippen molar-refractivity contribution in [1.29, 1.82) is 0 Å². The van der Waals surface area contributed by atoms with Gasteiger partial charge in [-0.2, -0.15) is 4.72 Å². The van der Waals surface area contributed by atoms with Gasteiger partial charge in [0.1, 0.15) is 0 Å². The van der Waals surface area contributed by atoms with Crippen molar-refractivity contribution < 1.29 is 13.2 Å². The topological polar surface area (TPSA) is 75.3 Å². The minimum absolute atomic E-state index is 0.00972. The number of amides is 1. The lowest BCUT2D eigenvalue weighted by atomic mass is 9.96. The fraction of sp³-hybridized carbons (Fsp3) is 0.250. The van der Waals surface area contributed by atoms with Gasteiger partial charge in [-0.05, 0) is 30.2 Å². The van der Waals surface area contributed by atoms with Crippen molar-refractivity contribution in [3.05, 3.63) is 65.7 Å². The molecule has 0 aliphatic carbocycles. The van der Waals surface area contributed by atoms with Gasteiger partial charge in [0.25, 0.3) is 5.91 Å². The Bertz CT molecular complexity index is 887. The van der Waals surface area contributed by atoms with E-state index >= 15 is 0 Å². The average Bonchev–Trinajstić information content (AvgIpc) is 2.67. The second-order valence-electron chi connectivity index (χ2n) is 5.78. The third-order valence-electron chi connectivity index (χ3n) is 4.04. The summed E-state index contributed by atoms with van der Waals surface area (Å²) in [6, 6.07) is 15.8. The minimum Gasteiger partial charge on any atom is -0.351 e. The van der Waals surface area contributed by atoms with Crippen molar-refractivity contribution in [3.63, 3.8) is 0 Å². The molecule has 0 bridgehead atoms. The molecule has 0 aliphatic rings. The summed E-state index contributed by atoms with van der Waals surface area (Å²) >= 11 is 0. The SMILES string of the molecule is C#CCNS(=O)(=O)c1cccc(C(=O)NCC(CC)c2ccccc2)c1. The molecule has 0 radical (unpaired) electrons.